The van der Waals surface area contributed by atoms with E-state index in [0.29, 0.717) is 6.54 Å². The number of carbonyl (C=O) groups excluding carboxylic acids is 1. The first-order chi connectivity index (χ1) is 9.52. The van der Waals surface area contributed by atoms with Gasteiger partial charge in [0.2, 0.25) is 5.91 Å². The van der Waals surface area contributed by atoms with Gasteiger partial charge in [0, 0.05) is 19.1 Å². The maximum atomic E-state index is 12.3. The highest BCUT2D eigenvalue weighted by Crippen LogP contribution is 2.27. The predicted octanol–water partition coefficient (Wildman–Crippen LogP) is 2.32. The maximum absolute atomic E-state index is 12.3. The molecular weight excluding hydrogens is 250 g/mol. The normalized spacial score (nSPS) is 15.2. The van der Waals surface area contributed by atoms with E-state index in [-0.39, 0.29) is 23.8 Å². The van der Waals surface area contributed by atoms with Crippen molar-refractivity contribution in [3.05, 3.63) is 35.4 Å². The third-order valence-electron chi connectivity index (χ3n) is 4.17. The van der Waals surface area contributed by atoms with Gasteiger partial charge in [-0.05, 0) is 42.2 Å². The number of nitrogens with one attached hydrogen (secondary N) is 1. The molecule has 0 saturated heterocycles. The van der Waals surface area contributed by atoms with E-state index < -0.39 is 0 Å². The Morgan fingerprint density at radius 2 is 1.90 bits per heavy atom. The van der Waals surface area contributed by atoms with Crippen LogP contribution >= 0.6 is 0 Å². The van der Waals surface area contributed by atoms with Crippen molar-refractivity contribution < 1.29 is 9.90 Å². The van der Waals surface area contributed by atoms with E-state index >= 15 is 0 Å². The van der Waals surface area contributed by atoms with Crippen molar-refractivity contribution in [1.82, 2.24) is 5.32 Å². The molecule has 1 aromatic carbocycles. The topological polar surface area (TPSA) is 49.3 Å². The molecule has 0 aromatic heterocycles. The molecule has 2 N–H and O–H groups in total. The number of hydrogen-bond donors (Lipinski definition) is 2. The molecule has 20 heavy (non-hydrogen) atoms. The quantitative estimate of drug-likeness (QED) is 0.837. The second-order valence-electron chi connectivity index (χ2n) is 6.58. The lowest BCUT2D eigenvalue weighted by atomic mass is 9.87. The predicted molar refractivity (Wildman–Crippen MR) is 80.5 cm³/mol. The third kappa shape index (κ3) is 3.83. The molecule has 110 valence electrons. The van der Waals surface area contributed by atoms with Gasteiger partial charge in [-0.1, -0.05) is 38.1 Å². The summed E-state index contributed by atoms with van der Waals surface area (Å²) in [6.07, 6.45) is 3.44. The van der Waals surface area contributed by atoms with Crippen LogP contribution in [-0.2, 0) is 17.6 Å². The summed E-state index contributed by atoms with van der Waals surface area (Å²) in [6, 6.07) is 8.32. The Morgan fingerprint density at radius 3 is 2.45 bits per heavy atom. The van der Waals surface area contributed by atoms with Crippen LogP contribution in [0.25, 0.3) is 0 Å². The van der Waals surface area contributed by atoms with Crippen molar-refractivity contribution in [2.24, 2.45) is 11.3 Å². The van der Waals surface area contributed by atoms with Crippen LogP contribution in [0.1, 0.15) is 37.8 Å². The van der Waals surface area contributed by atoms with Gasteiger partial charge in [0.05, 0.1) is 0 Å². The largest absolute Gasteiger partial charge is 0.396 e. The standard InChI is InChI=1S/C17H25NO2/c1-17(2,8-5-9-19)12-18-16(20)15-10-13-6-3-4-7-14(13)11-15/h3-4,6-7,15,19H,5,8-12H2,1-2H3,(H,18,20). The van der Waals surface area contributed by atoms with Gasteiger partial charge in [0.25, 0.3) is 0 Å². The number of amides is 1. The summed E-state index contributed by atoms with van der Waals surface area (Å²) in [4.78, 5) is 12.3. The number of hydrogen-bond acceptors (Lipinski definition) is 2. The van der Waals surface area contributed by atoms with Gasteiger partial charge in [0.1, 0.15) is 0 Å². The Balaban J connectivity index is 1.82. The SMILES string of the molecule is CC(C)(CCCO)CNC(=O)C1Cc2ccccc2C1. The number of benzene rings is 1. The van der Waals surface area contributed by atoms with Crippen LogP contribution in [0.15, 0.2) is 24.3 Å². The number of aliphatic hydroxyl groups excluding tert-OH is 1. The second-order valence-corrected chi connectivity index (χ2v) is 6.58. The summed E-state index contributed by atoms with van der Waals surface area (Å²) in [5.41, 5.74) is 2.67. The molecule has 0 bridgehead atoms. The van der Waals surface area contributed by atoms with E-state index in [4.69, 9.17) is 5.11 Å². The minimum atomic E-state index is 0.0455. The zero-order valence-corrected chi connectivity index (χ0v) is 12.5. The monoisotopic (exact) mass is 275 g/mol. The molecule has 2 rings (SSSR count). The summed E-state index contributed by atoms with van der Waals surface area (Å²) < 4.78 is 0. The van der Waals surface area contributed by atoms with Gasteiger partial charge in [-0.15, -0.1) is 0 Å². The molecule has 1 aliphatic rings. The van der Waals surface area contributed by atoms with Gasteiger partial charge >= 0.3 is 0 Å². The van der Waals surface area contributed by atoms with E-state index in [0.717, 1.165) is 25.7 Å². The fourth-order valence-corrected chi connectivity index (χ4v) is 2.86. The molecule has 0 radical (unpaired) electrons. The molecule has 3 nitrogen and oxygen atoms in total. The summed E-state index contributed by atoms with van der Waals surface area (Å²) in [6.45, 7) is 5.16. The van der Waals surface area contributed by atoms with Crippen molar-refractivity contribution in [1.29, 1.82) is 0 Å². The zero-order chi connectivity index (χ0) is 14.6. The molecule has 1 aromatic rings. The van der Waals surface area contributed by atoms with Crippen LogP contribution in [0.3, 0.4) is 0 Å². The highest BCUT2D eigenvalue weighted by molar-refractivity contribution is 5.80. The smallest absolute Gasteiger partial charge is 0.223 e. The van der Waals surface area contributed by atoms with Crippen LogP contribution in [0.5, 0.6) is 0 Å². The van der Waals surface area contributed by atoms with E-state index in [9.17, 15) is 4.79 Å². The fraction of sp³-hybridized carbons (Fsp3) is 0.588. The summed E-state index contributed by atoms with van der Waals surface area (Å²) >= 11 is 0. The first-order valence-corrected chi connectivity index (χ1v) is 7.47. The molecular formula is C17H25NO2. The molecule has 0 spiro atoms. The molecule has 0 saturated carbocycles. The average molecular weight is 275 g/mol. The molecule has 0 heterocycles. The van der Waals surface area contributed by atoms with E-state index in [2.05, 4.69) is 31.3 Å². The molecule has 0 unspecified atom stereocenters. The van der Waals surface area contributed by atoms with Crippen LogP contribution in [0, 0.1) is 11.3 Å². The summed E-state index contributed by atoms with van der Waals surface area (Å²) in [5, 5.41) is 12.0. The van der Waals surface area contributed by atoms with Crippen LogP contribution in [0.2, 0.25) is 0 Å². The lowest BCUT2D eigenvalue weighted by molar-refractivity contribution is -0.125. The summed E-state index contributed by atoms with van der Waals surface area (Å²) in [5.74, 6) is 0.249. The summed E-state index contributed by atoms with van der Waals surface area (Å²) in [7, 11) is 0. The third-order valence-corrected chi connectivity index (χ3v) is 4.17. The highest BCUT2D eigenvalue weighted by Gasteiger charge is 2.28. The van der Waals surface area contributed by atoms with E-state index in [1.807, 2.05) is 12.1 Å². The Kier molecular flexibility index (Phi) is 4.81. The number of aliphatic hydroxyl groups is 1. The molecule has 0 fully saturated rings. The van der Waals surface area contributed by atoms with E-state index in [1.165, 1.54) is 11.1 Å². The minimum Gasteiger partial charge on any atom is -0.396 e. The number of rotatable bonds is 6. The fourth-order valence-electron chi connectivity index (χ4n) is 2.86. The van der Waals surface area contributed by atoms with Crippen LogP contribution in [0.4, 0.5) is 0 Å². The number of carbonyl (C=O) groups is 1. The van der Waals surface area contributed by atoms with Crippen molar-refractivity contribution in [3.63, 3.8) is 0 Å². The van der Waals surface area contributed by atoms with Gasteiger partial charge in [-0.3, -0.25) is 4.79 Å². The Morgan fingerprint density at radius 1 is 1.30 bits per heavy atom. The van der Waals surface area contributed by atoms with Crippen molar-refractivity contribution in [2.45, 2.75) is 39.5 Å². The van der Waals surface area contributed by atoms with Crippen LogP contribution < -0.4 is 5.32 Å². The Labute approximate surface area is 121 Å². The zero-order valence-electron chi connectivity index (χ0n) is 12.5. The first kappa shape index (κ1) is 15.0. The van der Waals surface area contributed by atoms with Gasteiger partial charge < -0.3 is 10.4 Å². The average Bonchev–Trinajstić information content (AvgIpc) is 2.86. The molecule has 1 amide bonds. The van der Waals surface area contributed by atoms with Crippen LogP contribution in [-0.4, -0.2) is 24.2 Å². The molecule has 1 aliphatic carbocycles. The van der Waals surface area contributed by atoms with E-state index in [1.54, 1.807) is 0 Å². The highest BCUT2D eigenvalue weighted by atomic mass is 16.2. The van der Waals surface area contributed by atoms with Crippen molar-refractivity contribution >= 4 is 5.91 Å². The first-order valence-electron chi connectivity index (χ1n) is 7.47. The van der Waals surface area contributed by atoms with Gasteiger partial charge in [0.15, 0.2) is 0 Å². The Hall–Kier alpha value is -1.35. The van der Waals surface area contributed by atoms with Gasteiger partial charge in [-0.25, -0.2) is 0 Å². The molecule has 3 heteroatoms. The lowest BCUT2D eigenvalue weighted by Gasteiger charge is -2.25. The molecule has 0 aliphatic heterocycles. The second kappa shape index (κ2) is 6.40. The minimum absolute atomic E-state index is 0.0455. The number of fused-ring (bicyclic) bond motifs is 1. The molecule has 0 atom stereocenters. The van der Waals surface area contributed by atoms with Gasteiger partial charge in [-0.2, -0.15) is 0 Å². The lowest BCUT2D eigenvalue weighted by Crippen LogP contribution is -2.38. The maximum Gasteiger partial charge on any atom is 0.223 e. The van der Waals surface area contributed by atoms with Crippen molar-refractivity contribution in [2.75, 3.05) is 13.2 Å². The Bertz CT molecular complexity index is 443. The van der Waals surface area contributed by atoms with Crippen molar-refractivity contribution in [3.8, 4) is 0 Å².